The zero-order chi connectivity index (χ0) is 5.11. The van der Waals surface area contributed by atoms with Crippen LogP contribution < -0.4 is 0 Å². The van der Waals surface area contributed by atoms with E-state index in [1.165, 1.54) is 12.8 Å². The molecule has 1 heteroatoms. The van der Waals surface area contributed by atoms with Crippen molar-refractivity contribution in [1.82, 2.24) is 0 Å². The molecule has 0 saturated carbocycles. The van der Waals surface area contributed by atoms with Crippen molar-refractivity contribution in [2.75, 3.05) is 6.54 Å². The van der Waals surface area contributed by atoms with E-state index in [9.17, 15) is 0 Å². The van der Waals surface area contributed by atoms with Crippen LogP contribution in [0.25, 0.3) is 0 Å². The van der Waals surface area contributed by atoms with Crippen LogP contribution in [0.5, 0.6) is 0 Å². The highest BCUT2D eigenvalue weighted by molar-refractivity contribution is 5.58. The molecule has 1 heterocycles. The fourth-order valence-electron chi connectivity index (χ4n) is 0.759. The molecule has 40 valence electrons. The van der Waals surface area contributed by atoms with Crippen LogP contribution >= 0.6 is 0 Å². The van der Waals surface area contributed by atoms with E-state index in [0.717, 1.165) is 12.5 Å². The fourth-order valence-corrected chi connectivity index (χ4v) is 0.759. The van der Waals surface area contributed by atoms with Gasteiger partial charge in [-0.25, -0.2) is 0 Å². The predicted molar refractivity (Wildman–Crippen MR) is 31.8 cm³/mol. The Labute approximate surface area is 44.5 Å². The molecule has 1 aliphatic heterocycles. The number of rotatable bonds is 0. The Hall–Kier alpha value is -0.330. The average Bonchev–Trinajstić information content (AvgIpc) is 1.69. The van der Waals surface area contributed by atoms with Crippen molar-refractivity contribution in [3.63, 3.8) is 0 Å². The monoisotopic (exact) mass is 97.1 g/mol. The van der Waals surface area contributed by atoms with Gasteiger partial charge in [0.05, 0.1) is 0 Å². The van der Waals surface area contributed by atoms with E-state index >= 15 is 0 Å². The third kappa shape index (κ3) is 1.30. The second-order valence-electron chi connectivity index (χ2n) is 2.22. The second-order valence-corrected chi connectivity index (χ2v) is 2.22. The molecule has 1 rings (SSSR count). The molecule has 1 atom stereocenters. The highest BCUT2D eigenvalue weighted by Crippen LogP contribution is 2.08. The zero-order valence-electron chi connectivity index (χ0n) is 4.72. The van der Waals surface area contributed by atoms with Crippen molar-refractivity contribution in [2.24, 2.45) is 10.9 Å². The topological polar surface area (TPSA) is 12.4 Å². The average molecular weight is 97.2 g/mol. The van der Waals surface area contributed by atoms with E-state index in [-0.39, 0.29) is 0 Å². The van der Waals surface area contributed by atoms with E-state index < -0.39 is 0 Å². The van der Waals surface area contributed by atoms with Crippen LogP contribution in [-0.4, -0.2) is 12.8 Å². The smallest absolute Gasteiger partial charge is 0.0388 e. The number of hydrogen-bond donors (Lipinski definition) is 0. The van der Waals surface area contributed by atoms with Gasteiger partial charge in [0.15, 0.2) is 0 Å². The summed E-state index contributed by atoms with van der Waals surface area (Å²) in [5, 5.41) is 0. The van der Waals surface area contributed by atoms with Crippen molar-refractivity contribution in [3.05, 3.63) is 0 Å². The maximum absolute atomic E-state index is 4.10. The largest absolute Gasteiger partial charge is 0.298 e. The molecule has 0 unspecified atom stereocenters. The molecular formula is C6H11N. The molecule has 0 fully saturated rings. The van der Waals surface area contributed by atoms with Crippen molar-refractivity contribution >= 4 is 6.21 Å². The summed E-state index contributed by atoms with van der Waals surface area (Å²) in [5.41, 5.74) is 0. The molecule has 0 aliphatic carbocycles. The van der Waals surface area contributed by atoms with Crippen molar-refractivity contribution in [3.8, 4) is 0 Å². The van der Waals surface area contributed by atoms with Gasteiger partial charge in [0.2, 0.25) is 0 Å². The lowest BCUT2D eigenvalue weighted by Gasteiger charge is -2.09. The van der Waals surface area contributed by atoms with Gasteiger partial charge >= 0.3 is 0 Å². The van der Waals surface area contributed by atoms with Crippen molar-refractivity contribution < 1.29 is 0 Å². The standard InChI is InChI=1S/C6H11N/c1-6-2-4-7-5-3-6/h4,6H,2-3,5H2,1H3/t6-/m1/s1. The van der Waals surface area contributed by atoms with Crippen LogP contribution in [0, 0.1) is 5.92 Å². The Morgan fingerprint density at radius 3 is 2.86 bits per heavy atom. The summed E-state index contributed by atoms with van der Waals surface area (Å²) in [5.74, 6) is 0.887. The maximum atomic E-state index is 4.10. The van der Waals surface area contributed by atoms with Gasteiger partial charge in [-0.2, -0.15) is 0 Å². The summed E-state index contributed by atoms with van der Waals surface area (Å²) in [4.78, 5) is 4.10. The minimum Gasteiger partial charge on any atom is -0.298 e. The quantitative estimate of drug-likeness (QED) is 0.434. The Kier molecular flexibility index (Phi) is 1.45. The van der Waals surface area contributed by atoms with E-state index in [1.807, 2.05) is 6.21 Å². The Morgan fingerprint density at radius 2 is 2.57 bits per heavy atom. The lowest BCUT2D eigenvalue weighted by atomic mass is 10.0. The van der Waals surface area contributed by atoms with Gasteiger partial charge in [-0.1, -0.05) is 6.92 Å². The molecule has 1 nitrogen and oxygen atoms in total. The summed E-state index contributed by atoms with van der Waals surface area (Å²) >= 11 is 0. The summed E-state index contributed by atoms with van der Waals surface area (Å²) < 4.78 is 0. The van der Waals surface area contributed by atoms with Crippen LogP contribution in [0.4, 0.5) is 0 Å². The summed E-state index contributed by atoms with van der Waals surface area (Å²) in [7, 11) is 0. The minimum atomic E-state index is 0.887. The normalized spacial score (nSPS) is 30.7. The van der Waals surface area contributed by atoms with Crippen molar-refractivity contribution in [2.45, 2.75) is 19.8 Å². The second kappa shape index (κ2) is 2.10. The van der Waals surface area contributed by atoms with Crippen LogP contribution in [-0.2, 0) is 0 Å². The van der Waals surface area contributed by atoms with E-state index in [2.05, 4.69) is 11.9 Å². The first-order chi connectivity index (χ1) is 3.39. The molecule has 0 aromatic carbocycles. The number of aliphatic imine (C=N–C) groups is 1. The third-order valence-corrected chi connectivity index (χ3v) is 1.39. The van der Waals surface area contributed by atoms with Crippen molar-refractivity contribution in [1.29, 1.82) is 0 Å². The summed E-state index contributed by atoms with van der Waals surface area (Å²) in [6.07, 6.45) is 4.52. The number of nitrogens with zero attached hydrogens (tertiary/aromatic N) is 1. The molecule has 0 N–H and O–H groups in total. The van der Waals surface area contributed by atoms with Gasteiger partial charge in [0, 0.05) is 6.54 Å². The molecule has 0 amide bonds. The van der Waals surface area contributed by atoms with E-state index in [0.29, 0.717) is 0 Å². The fraction of sp³-hybridized carbons (Fsp3) is 0.833. The van der Waals surface area contributed by atoms with Gasteiger partial charge in [0.1, 0.15) is 0 Å². The SMILES string of the molecule is C[C@@H]1CC=NCC1. The zero-order valence-corrected chi connectivity index (χ0v) is 4.72. The third-order valence-electron chi connectivity index (χ3n) is 1.39. The highest BCUT2D eigenvalue weighted by Gasteiger charge is 2.01. The van der Waals surface area contributed by atoms with Crippen LogP contribution in [0.1, 0.15) is 19.8 Å². The summed E-state index contributed by atoms with van der Waals surface area (Å²) in [6.45, 7) is 3.33. The maximum Gasteiger partial charge on any atom is 0.0388 e. The molecule has 0 radical (unpaired) electrons. The van der Waals surface area contributed by atoms with Crippen LogP contribution in [0.15, 0.2) is 4.99 Å². The summed E-state index contributed by atoms with van der Waals surface area (Å²) in [6, 6.07) is 0. The Bertz CT molecular complexity index is 76.2. The molecule has 0 bridgehead atoms. The molecule has 1 aliphatic rings. The van der Waals surface area contributed by atoms with E-state index in [1.54, 1.807) is 0 Å². The molecule has 0 aromatic rings. The van der Waals surface area contributed by atoms with Gasteiger partial charge in [0.25, 0.3) is 0 Å². The lowest BCUT2D eigenvalue weighted by molar-refractivity contribution is 0.548. The van der Waals surface area contributed by atoms with Crippen LogP contribution in [0.3, 0.4) is 0 Å². The van der Waals surface area contributed by atoms with Crippen LogP contribution in [0.2, 0.25) is 0 Å². The van der Waals surface area contributed by atoms with Gasteiger partial charge in [-0.05, 0) is 25.0 Å². The number of hydrogen-bond acceptors (Lipinski definition) is 1. The van der Waals surface area contributed by atoms with E-state index in [4.69, 9.17) is 0 Å². The molecule has 7 heavy (non-hydrogen) atoms. The minimum absolute atomic E-state index is 0.887. The highest BCUT2D eigenvalue weighted by atomic mass is 14.7. The molecule has 0 aromatic heterocycles. The Morgan fingerprint density at radius 1 is 1.71 bits per heavy atom. The van der Waals surface area contributed by atoms with Gasteiger partial charge in [-0.15, -0.1) is 0 Å². The molecular weight excluding hydrogens is 86.1 g/mol. The first kappa shape index (κ1) is 4.82. The molecule has 0 spiro atoms. The van der Waals surface area contributed by atoms with Gasteiger partial charge in [-0.3, -0.25) is 4.99 Å². The van der Waals surface area contributed by atoms with Gasteiger partial charge < -0.3 is 0 Å². The Balaban J connectivity index is 2.32. The predicted octanol–water partition coefficient (Wildman–Crippen LogP) is 1.49. The molecule has 0 saturated heterocycles. The first-order valence-corrected chi connectivity index (χ1v) is 2.88. The lowest BCUT2D eigenvalue weighted by Crippen LogP contribution is -2.02. The first-order valence-electron chi connectivity index (χ1n) is 2.88.